The van der Waals surface area contributed by atoms with Crippen molar-refractivity contribution in [2.24, 2.45) is 5.73 Å². The summed E-state index contributed by atoms with van der Waals surface area (Å²) in [4.78, 5) is 0. The third kappa shape index (κ3) is 3.90. The van der Waals surface area contributed by atoms with E-state index in [0.29, 0.717) is 6.42 Å². The fourth-order valence-corrected chi connectivity index (χ4v) is 2.27. The van der Waals surface area contributed by atoms with Crippen molar-refractivity contribution in [3.05, 3.63) is 70.5 Å². The minimum absolute atomic E-state index is 0.0175. The summed E-state index contributed by atoms with van der Waals surface area (Å²) in [5.74, 6) is -0.198. The number of nitrogens with two attached hydrogens (primary N) is 1. The molecule has 0 aromatic heterocycles. The van der Waals surface area contributed by atoms with Crippen LogP contribution < -0.4 is 5.73 Å². The zero-order chi connectivity index (χ0) is 13.8. The van der Waals surface area contributed by atoms with Gasteiger partial charge in [0.1, 0.15) is 5.82 Å². The number of benzene rings is 2. The molecule has 1 atom stereocenters. The van der Waals surface area contributed by atoms with Gasteiger partial charge in [0.05, 0.1) is 0 Å². The van der Waals surface area contributed by atoms with E-state index in [9.17, 15) is 4.39 Å². The van der Waals surface area contributed by atoms with Gasteiger partial charge in [0, 0.05) is 6.04 Å². The summed E-state index contributed by atoms with van der Waals surface area (Å²) in [6, 6.07) is 13.1. The van der Waals surface area contributed by atoms with Crippen LogP contribution in [-0.2, 0) is 12.8 Å². The minimum atomic E-state index is -0.198. The van der Waals surface area contributed by atoms with Gasteiger partial charge in [-0.2, -0.15) is 0 Å². The van der Waals surface area contributed by atoms with E-state index in [4.69, 9.17) is 5.73 Å². The van der Waals surface area contributed by atoms with Crippen LogP contribution in [0.3, 0.4) is 0 Å². The van der Waals surface area contributed by atoms with E-state index in [2.05, 4.69) is 32.0 Å². The van der Waals surface area contributed by atoms with Crippen LogP contribution in [0.5, 0.6) is 0 Å². The van der Waals surface area contributed by atoms with Crippen LogP contribution in [0, 0.1) is 19.7 Å². The summed E-state index contributed by atoms with van der Waals surface area (Å²) in [6.45, 7) is 4.21. The Morgan fingerprint density at radius 1 is 0.947 bits per heavy atom. The molecule has 2 heteroatoms. The molecule has 0 bridgehead atoms. The smallest absolute Gasteiger partial charge is 0.123 e. The van der Waals surface area contributed by atoms with Crippen molar-refractivity contribution in [3.63, 3.8) is 0 Å². The van der Waals surface area contributed by atoms with E-state index in [1.54, 1.807) is 12.1 Å². The van der Waals surface area contributed by atoms with Crippen molar-refractivity contribution < 1.29 is 4.39 Å². The Bertz CT molecular complexity index is 563. The van der Waals surface area contributed by atoms with Crippen molar-refractivity contribution in [2.75, 3.05) is 0 Å². The summed E-state index contributed by atoms with van der Waals surface area (Å²) in [5.41, 5.74) is 10.9. The fourth-order valence-electron chi connectivity index (χ4n) is 2.27. The SMILES string of the molecule is Cc1ccc(CC(N)Cc2cccc(F)c2)cc1C. The molecule has 0 spiro atoms. The summed E-state index contributed by atoms with van der Waals surface area (Å²) in [7, 11) is 0. The molecule has 2 N–H and O–H groups in total. The van der Waals surface area contributed by atoms with Crippen LogP contribution >= 0.6 is 0 Å². The van der Waals surface area contributed by atoms with Crippen LogP contribution in [0.25, 0.3) is 0 Å². The molecule has 0 amide bonds. The van der Waals surface area contributed by atoms with Gasteiger partial charge in [-0.1, -0.05) is 30.3 Å². The van der Waals surface area contributed by atoms with Crippen molar-refractivity contribution in [3.8, 4) is 0 Å². The zero-order valence-corrected chi connectivity index (χ0v) is 11.5. The molecular weight excluding hydrogens is 237 g/mol. The lowest BCUT2D eigenvalue weighted by molar-refractivity contribution is 0.618. The quantitative estimate of drug-likeness (QED) is 0.890. The minimum Gasteiger partial charge on any atom is -0.327 e. The number of hydrogen-bond acceptors (Lipinski definition) is 1. The third-order valence-electron chi connectivity index (χ3n) is 3.46. The first-order valence-corrected chi connectivity index (χ1v) is 6.61. The van der Waals surface area contributed by atoms with Crippen molar-refractivity contribution in [1.82, 2.24) is 0 Å². The molecule has 2 aromatic carbocycles. The number of hydrogen-bond donors (Lipinski definition) is 1. The molecule has 19 heavy (non-hydrogen) atoms. The second kappa shape index (κ2) is 5.98. The first-order chi connectivity index (χ1) is 9.04. The Kier molecular flexibility index (Phi) is 4.33. The number of rotatable bonds is 4. The number of aryl methyl sites for hydroxylation is 2. The monoisotopic (exact) mass is 257 g/mol. The van der Waals surface area contributed by atoms with Gasteiger partial charge < -0.3 is 5.73 Å². The molecule has 1 nitrogen and oxygen atoms in total. The van der Waals surface area contributed by atoms with Crippen LogP contribution in [0.15, 0.2) is 42.5 Å². The van der Waals surface area contributed by atoms with Crippen molar-refractivity contribution >= 4 is 0 Å². The normalized spacial score (nSPS) is 12.4. The molecule has 0 aliphatic carbocycles. The van der Waals surface area contributed by atoms with E-state index in [1.165, 1.54) is 22.8 Å². The molecule has 0 heterocycles. The standard InChI is InChI=1S/C17H20FN/c1-12-6-7-15(8-13(12)2)11-17(19)10-14-4-3-5-16(18)9-14/h3-9,17H,10-11,19H2,1-2H3. The van der Waals surface area contributed by atoms with E-state index in [-0.39, 0.29) is 11.9 Å². The summed E-state index contributed by atoms with van der Waals surface area (Å²) >= 11 is 0. The highest BCUT2D eigenvalue weighted by Crippen LogP contribution is 2.13. The van der Waals surface area contributed by atoms with Crippen molar-refractivity contribution in [1.29, 1.82) is 0 Å². The Morgan fingerprint density at radius 2 is 1.63 bits per heavy atom. The van der Waals surface area contributed by atoms with Gasteiger partial charge in [-0.3, -0.25) is 0 Å². The first-order valence-electron chi connectivity index (χ1n) is 6.61. The van der Waals surface area contributed by atoms with E-state index >= 15 is 0 Å². The molecule has 0 saturated heterocycles. The molecule has 100 valence electrons. The van der Waals surface area contributed by atoms with Gasteiger partial charge in [0.15, 0.2) is 0 Å². The zero-order valence-electron chi connectivity index (χ0n) is 11.5. The van der Waals surface area contributed by atoms with Gasteiger partial charge in [0.25, 0.3) is 0 Å². The number of halogens is 1. The largest absolute Gasteiger partial charge is 0.327 e. The Hall–Kier alpha value is -1.67. The fraction of sp³-hybridized carbons (Fsp3) is 0.294. The maximum absolute atomic E-state index is 13.1. The molecule has 0 radical (unpaired) electrons. The highest BCUT2D eigenvalue weighted by Gasteiger charge is 2.07. The molecule has 0 aliphatic heterocycles. The van der Waals surface area contributed by atoms with Crippen LogP contribution in [0.1, 0.15) is 22.3 Å². The Morgan fingerprint density at radius 3 is 2.26 bits per heavy atom. The predicted octanol–water partition coefficient (Wildman–Crippen LogP) is 3.56. The summed E-state index contributed by atoms with van der Waals surface area (Å²) < 4.78 is 13.1. The molecule has 1 unspecified atom stereocenters. The highest BCUT2D eigenvalue weighted by molar-refractivity contribution is 5.30. The molecule has 2 aromatic rings. The van der Waals surface area contributed by atoms with E-state index < -0.39 is 0 Å². The molecule has 0 aliphatic rings. The van der Waals surface area contributed by atoms with Crippen LogP contribution in [0.4, 0.5) is 4.39 Å². The lowest BCUT2D eigenvalue weighted by atomic mass is 9.97. The summed E-state index contributed by atoms with van der Waals surface area (Å²) in [6.07, 6.45) is 1.52. The lowest BCUT2D eigenvalue weighted by Gasteiger charge is -2.13. The molecular formula is C17H20FN. The average molecular weight is 257 g/mol. The van der Waals surface area contributed by atoms with Crippen molar-refractivity contribution in [2.45, 2.75) is 32.7 Å². The van der Waals surface area contributed by atoms with Gasteiger partial charge in [-0.05, 0) is 61.1 Å². The second-order valence-corrected chi connectivity index (χ2v) is 5.22. The third-order valence-corrected chi connectivity index (χ3v) is 3.46. The predicted molar refractivity (Wildman–Crippen MR) is 77.7 cm³/mol. The van der Waals surface area contributed by atoms with E-state index in [1.807, 2.05) is 6.07 Å². The van der Waals surface area contributed by atoms with Gasteiger partial charge in [0.2, 0.25) is 0 Å². The average Bonchev–Trinajstić information content (AvgIpc) is 2.34. The first kappa shape index (κ1) is 13.8. The van der Waals surface area contributed by atoms with Gasteiger partial charge in [-0.25, -0.2) is 4.39 Å². The second-order valence-electron chi connectivity index (χ2n) is 5.22. The van der Waals surface area contributed by atoms with Crippen LogP contribution in [-0.4, -0.2) is 6.04 Å². The van der Waals surface area contributed by atoms with Gasteiger partial charge in [-0.15, -0.1) is 0 Å². The maximum atomic E-state index is 13.1. The topological polar surface area (TPSA) is 26.0 Å². The molecule has 0 saturated carbocycles. The molecule has 0 fully saturated rings. The lowest BCUT2D eigenvalue weighted by Crippen LogP contribution is -2.25. The molecule has 2 rings (SSSR count). The highest BCUT2D eigenvalue weighted by atomic mass is 19.1. The van der Waals surface area contributed by atoms with Crippen LogP contribution in [0.2, 0.25) is 0 Å². The van der Waals surface area contributed by atoms with E-state index in [0.717, 1.165) is 12.0 Å². The summed E-state index contributed by atoms with van der Waals surface area (Å²) in [5, 5.41) is 0. The Balaban J connectivity index is 2.01. The Labute approximate surface area is 114 Å². The van der Waals surface area contributed by atoms with Gasteiger partial charge >= 0.3 is 0 Å². The maximum Gasteiger partial charge on any atom is 0.123 e.